The third kappa shape index (κ3) is 6.14. The number of rotatable bonds is 6. The maximum absolute atomic E-state index is 11.5. The number of hydrogen-bond donors (Lipinski definition) is 2. The van der Waals surface area contributed by atoms with Gasteiger partial charge in [-0.25, -0.2) is 0 Å². The second-order valence-electron chi connectivity index (χ2n) is 4.37. The highest BCUT2D eigenvalue weighted by Crippen LogP contribution is 2.06. The Bertz CT molecular complexity index is 267. The summed E-state index contributed by atoms with van der Waals surface area (Å²) in [6, 6.07) is 0. The van der Waals surface area contributed by atoms with Gasteiger partial charge in [-0.3, -0.25) is 9.00 Å². The second-order valence-corrected chi connectivity index (χ2v) is 6.18. The highest BCUT2D eigenvalue weighted by molar-refractivity contribution is 7.84. The molecule has 0 aliphatic carbocycles. The van der Waals surface area contributed by atoms with Crippen molar-refractivity contribution in [2.24, 2.45) is 0 Å². The molecule has 0 aromatic carbocycles. The van der Waals surface area contributed by atoms with Crippen LogP contribution in [0, 0.1) is 0 Å². The summed E-state index contributed by atoms with van der Waals surface area (Å²) in [4.78, 5) is 11.5. The van der Waals surface area contributed by atoms with Gasteiger partial charge in [-0.05, 0) is 32.9 Å². The Morgan fingerprint density at radius 3 is 2.76 bits per heavy atom. The molecule has 2 unspecified atom stereocenters. The van der Waals surface area contributed by atoms with Crippen molar-refractivity contribution in [2.45, 2.75) is 31.1 Å². The molecule has 17 heavy (non-hydrogen) atoms. The molecule has 6 heteroatoms. The lowest BCUT2D eigenvalue weighted by Gasteiger charge is -2.22. The van der Waals surface area contributed by atoms with Crippen LogP contribution >= 0.6 is 0 Å². The number of carbonyl (C=O) groups excluding carboxylic acids is 1. The van der Waals surface area contributed by atoms with Gasteiger partial charge in [0.05, 0.1) is 6.10 Å². The quantitative estimate of drug-likeness (QED) is 0.686. The maximum Gasteiger partial charge on any atom is 0.246 e. The highest BCUT2D eigenvalue weighted by atomic mass is 32.2. The van der Waals surface area contributed by atoms with Crippen LogP contribution in [-0.2, 0) is 20.3 Å². The first-order valence-corrected chi connectivity index (χ1v) is 7.63. The zero-order chi connectivity index (χ0) is 12.7. The van der Waals surface area contributed by atoms with E-state index in [2.05, 4.69) is 10.6 Å². The fraction of sp³-hybridized carbons (Fsp3) is 0.909. The minimum Gasteiger partial charge on any atom is -0.368 e. The Morgan fingerprint density at radius 2 is 2.18 bits per heavy atom. The summed E-state index contributed by atoms with van der Waals surface area (Å²) >= 11 is 0. The summed E-state index contributed by atoms with van der Waals surface area (Å²) < 4.78 is 16.6. The van der Waals surface area contributed by atoms with E-state index in [-0.39, 0.29) is 23.9 Å². The summed E-state index contributed by atoms with van der Waals surface area (Å²) in [7, 11) is -0.899. The van der Waals surface area contributed by atoms with Gasteiger partial charge in [-0.1, -0.05) is 0 Å². The molecule has 0 aromatic heterocycles. The van der Waals surface area contributed by atoms with E-state index in [9.17, 15) is 9.00 Å². The van der Waals surface area contributed by atoms with Gasteiger partial charge in [0.1, 0.15) is 6.61 Å². The molecular weight excluding hydrogens is 240 g/mol. The van der Waals surface area contributed by atoms with Crippen molar-refractivity contribution in [1.82, 2.24) is 10.6 Å². The molecule has 2 atom stereocenters. The summed E-state index contributed by atoms with van der Waals surface area (Å²) in [5.41, 5.74) is 0. The molecular formula is C11H22N2O3S. The lowest BCUT2D eigenvalue weighted by molar-refractivity contribution is -0.128. The van der Waals surface area contributed by atoms with Gasteiger partial charge in [0, 0.05) is 28.9 Å². The third-order valence-electron chi connectivity index (χ3n) is 2.89. The fourth-order valence-electron chi connectivity index (χ4n) is 1.58. The van der Waals surface area contributed by atoms with Gasteiger partial charge in [0.2, 0.25) is 5.91 Å². The van der Waals surface area contributed by atoms with Crippen LogP contribution in [-0.4, -0.2) is 54.0 Å². The van der Waals surface area contributed by atoms with E-state index in [1.807, 2.05) is 6.92 Å². The monoisotopic (exact) mass is 262 g/mol. The normalized spacial score (nSPS) is 20.8. The maximum atomic E-state index is 11.5. The summed E-state index contributed by atoms with van der Waals surface area (Å²) in [5, 5.41) is 5.96. The number of piperidine rings is 1. The van der Waals surface area contributed by atoms with Crippen molar-refractivity contribution in [1.29, 1.82) is 0 Å². The number of carbonyl (C=O) groups is 1. The molecule has 1 heterocycles. The number of amides is 1. The molecule has 0 radical (unpaired) electrons. The molecule has 1 fully saturated rings. The van der Waals surface area contributed by atoms with E-state index < -0.39 is 10.8 Å². The van der Waals surface area contributed by atoms with Gasteiger partial charge in [-0.2, -0.15) is 0 Å². The lowest BCUT2D eigenvalue weighted by Crippen LogP contribution is -2.38. The Balaban J connectivity index is 2.10. The van der Waals surface area contributed by atoms with E-state index in [1.54, 1.807) is 6.26 Å². The Morgan fingerprint density at radius 1 is 1.53 bits per heavy atom. The Labute approximate surface area is 105 Å². The molecule has 0 spiro atoms. The summed E-state index contributed by atoms with van der Waals surface area (Å²) in [6.07, 6.45) is 3.76. The SMILES string of the molecule is CC(CNC(=O)COC1CCNCC1)S(C)=O. The first-order chi connectivity index (χ1) is 8.09. The summed E-state index contributed by atoms with van der Waals surface area (Å²) in [6.45, 7) is 4.31. The van der Waals surface area contributed by atoms with Gasteiger partial charge in [0.25, 0.3) is 0 Å². The van der Waals surface area contributed by atoms with Crippen molar-refractivity contribution in [2.75, 3.05) is 32.5 Å². The van der Waals surface area contributed by atoms with Crippen LogP contribution in [0.5, 0.6) is 0 Å². The Kier molecular flexibility index (Phi) is 6.69. The standard InChI is InChI=1S/C11H22N2O3S/c1-9(17(2)15)7-13-11(14)8-16-10-3-5-12-6-4-10/h9-10,12H,3-8H2,1-2H3,(H,13,14). The van der Waals surface area contributed by atoms with E-state index in [0.717, 1.165) is 25.9 Å². The fourth-order valence-corrected chi connectivity index (χ4v) is 1.90. The van der Waals surface area contributed by atoms with E-state index in [1.165, 1.54) is 0 Å². The predicted molar refractivity (Wildman–Crippen MR) is 68.4 cm³/mol. The van der Waals surface area contributed by atoms with Gasteiger partial charge >= 0.3 is 0 Å². The zero-order valence-electron chi connectivity index (χ0n) is 10.5. The molecule has 0 saturated carbocycles. The number of ether oxygens (including phenoxy) is 1. The van der Waals surface area contributed by atoms with Crippen LogP contribution < -0.4 is 10.6 Å². The number of nitrogens with one attached hydrogen (secondary N) is 2. The van der Waals surface area contributed by atoms with Gasteiger partial charge in [-0.15, -0.1) is 0 Å². The average Bonchev–Trinajstić information content (AvgIpc) is 2.34. The molecule has 0 aromatic rings. The van der Waals surface area contributed by atoms with Crippen molar-refractivity contribution >= 4 is 16.7 Å². The van der Waals surface area contributed by atoms with Crippen LogP contribution in [0.25, 0.3) is 0 Å². The van der Waals surface area contributed by atoms with Crippen molar-refractivity contribution in [3.63, 3.8) is 0 Å². The third-order valence-corrected chi connectivity index (χ3v) is 4.19. The number of hydrogen-bond acceptors (Lipinski definition) is 4. The predicted octanol–water partition coefficient (Wildman–Crippen LogP) is -0.362. The smallest absolute Gasteiger partial charge is 0.246 e. The minimum absolute atomic E-state index is 0.0159. The molecule has 1 amide bonds. The second kappa shape index (κ2) is 7.79. The molecule has 5 nitrogen and oxygen atoms in total. The van der Waals surface area contributed by atoms with E-state index in [0.29, 0.717) is 6.54 Å². The first kappa shape index (κ1) is 14.6. The molecule has 1 aliphatic heterocycles. The molecule has 0 bridgehead atoms. The molecule has 1 rings (SSSR count). The van der Waals surface area contributed by atoms with Crippen molar-refractivity contribution in [3.8, 4) is 0 Å². The Hall–Kier alpha value is -0.460. The largest absolute Gasteiger partial charge is 0.368 e. The minimum atomic E-state index is -0.899. The zero-order valence-corrected chi connectivity index (χ0v) is 11.3. The van der Waals surface area contributed by atoms with Gasteiger partial charge in [0.15, 0.2) is 0 Å². The van der Waals surface area contributed by atoms with Crippen LogP contribution in [0.2, 0.25) is 0 Å². The molecule has 2 N–H and O–H groups in total. The average molecular weight is 262 g/mol. The van der Waals surface area contributed by atoms with Crippen molar-refractivity contribution in [3.05, 3.63) is 0 Å². The lowest BCUT2D eigenvalue weighted by atomic mass is 10.1. The molecule has 100 valence electrons. The van der Waals surface area contributed by atoms with Crippen LogP contribution in [0.3, 0.4) is 0 Å². The van der Waals surface area contributed by atoms with Crippen LogP contribution in [0.4, 0.5) is 0 Å². The van der Waals surface area contributed by atoms with Crippen LogP contribution in [0.1, 0.15) is 19.8 Å². The molecule has 1 saturated heterocycles. The van der Waals surface area contributed by atoms with E-state index in [4.69, 9.17) is 4.74 Å². The topological polar surface area (TPSA) is 67.4 Å². The summed E-state index contributed by atoms with van der Waals surface area (Å²) in [5.74, 6) is -0.124. The van der Waals surface area contributed by atoms with Crippen LogP contribution in [0.15, 0.2) is 0 Å². The van der Waals surface area contributed by atoms with Crippen molar-refractivity contribution < 1.29 is 13.7 Å². The molecule has 1 aliphatic rings. The highest BCUT2D eigenvalue weighted by Gasteiger charge is 2.15. The van der Waals surface area contributed by atoms with Gasteiger partial charge < -0.3 is 15.4 Å². The first-order valence-electron chi connectivity index (χ1n) is 6.01. The van der Waals surface area contributed by atoms with E-state index >= 15 is 0 Å².